The molecule has 5 unspecified atom stereocenters. The van der Waals surface area contributed by atoms with Gasteiger partial charge >= 0.3 is 0 Å². The molecular weight excluding hydrogens is 236 g/mol. The highest BCUT2D eigenvalue weighted by Gasteiger charge is 2.36. The van der Waals surface area contributed by atoms with Crippen LogP contribution in [0.3, 0.4) is 0 Å². The van der Waals surface area contributed by atoms with E-state index in [9.17, 15) is 4.79 Å². The third-order valence-corrected chi connectivity index (χ3v) is 5.34. The minimum Gasteiger partial charge on any atom is -0.353 e. The number of rotatable bonds is 3. The zero-order valence-electron chi connectivity index (χ0n) is 12.5. The molecule has 3 nitrogen and oxygen atoms in total. The summed E-state index contributed by atoms with van der Waals surface area (Å²) in [5.74, 6) is 1.37. The summed E-state index contributed by atoms with van der Waals surface area (Å²) in [6, 6.07) is 0.458. The Bertz CT molecular complexity index is 295. The van der Waals surface area contributed by atoms with Gasteiger partial charge in [0.15, 0.2) is 0 Å². The van der Waals surface area contributed by atoms with Gasteiger partial charge in [0, 0.05) is 12.1 Å². The summed E-state index contributed by atoms with van der Waals surface area (Å²) in [7, 11) is 0. The summed E-state index contributed by atoms with van der Waals surface area (Å²) < 4.78 is 0. The van der Waals surface area contributed by atoms with E-state index in [-0.39, 0.29) is 17.9 Å². The van der Waals surface area contributed by atoms with Gasteiger partial charge in [-0.25, -0.2) is 0 Å². The number of hydrogen-bond acceptors (Lipinski definition) is 2. The third kappa shape index (κ3) is 3.50. The second-order valence-corrected chi connectivity index (χ2v) is 6.67. The van der Waals surface area contributed by atoms with E-state index in [2.05, 4.69) is 19.2 Å². The molecule has 1 amide bonds. The summed E-state index contributed by atoms with van der Waals surface area (Å²) in [5, 5.41) is 3.33. The Morgan fingerprint density at radius 3 is 2.58 bits per heavy atom. The molecule has 110 valence electrons. The normalized spacial score (nSPS) is 39.8. The SMILES string of the molecule is CCC1CCCCC1NC(=O)C1C(C)CCCC1N. The van der Waals surface area contributed by atoms with Crippen LogP contribution in [-0.2, 0) is 4.79 Å². The maximum Gasteiger partial charge on any atom is 0.225 e. The van der Waals surface area contributed by atoms with E-state index in [1.807, 2.05) is 0 Å². The molecule has 0 aliphatic heterocycles. The van der Waals surface area contributed by atoms with Crippen molar-refractivity contribution >= 4 is 5.91 Å². The maximum absolute atomic E-state index is 12.6. The Balaban J connectivity index is 1.95. The fourth-order valence-corrected chi connectivity index (χ4v) is 4.07. The van der Waals surface area contributed by atoms with E-state index in [0.717, 1.165) is 19.3 Å². The Labute approximate surface area is 117 Å². The molecule has 2 aliphatic rings. The average Bonchev–Trinajstić information content (AvgIpc) is 2.39. The van der Waals surface area contributed by atoms with Gasteiger partial charge in [0.2, 0.25) is 5.91 Å². The van der Waals surface area contributed by atoms with Gasteiger partial charge in [-0.2, -0.15) is 0 Å². The molecule has 2 aliphatic carbocycles. The maximum atomic E-state index is 12.6. The zero-order chi connectivity index (χ0) is 13.8. The van der Waals surface area contributed by atoms with Crippen molar-refractivity contribution < 1.29 is 4.79 Å². The van der Waals surface area contributed by atoms with E-state index in [0.29, 0.717) is 17.9 Å². The Hall–Kier alpha value is -0.570. The van der Waals surface area contributed by atoms with Gasteiger partial charge < -0.3 is 11.1 Å². The fourth-order valence-electron chi connectivity index (χ4n) is 4.07. The van der Waals surface area contributed by atoms with Crippen LogP contribution in [-0.4, -0.2) is 18.0 Å². The van der Waals surface area contributed by atoms with Gasteiger partial charge in [0.25, 0.3) is 0 Å². The Kier molecular flexibility index (Phi) is 5.26. The number of nitrogens with one attached hydrogen (secondary N) is 1. The van der Waals surface area contributed by atoms with Crippen LogP contribution in [0.4, 0.5) is 0 Å². The summed E-state index contributed by atoms with van der Waals surface area (Å²) in [6.45, 7) is 4.42. The lowest BCUT2D eigenvalue weighted by Gasteiger charge is -2.37. The minimum absolute atomic E-state index is 0.0354. The molecule has 0 aromatic carbocycles. The van der Waals surface area contributed by atoms with Crippen LogP contribution in [0.1, 0.15) is 65.2 Å². The quantitative estimate of drug-likeness (QED) is 0.825. The lowest BCUT2D eigenvalue weighted by molar-refractivity contribution is -0.129. The standard InChI is InChI=1S/C16H30N2O/c1-3-12-8-4-5-10-14(12)18-16(19)15-11(2)7-6-9-13(15)17/h11-15H,3-10,17H2,1-2H3,(H,18,19). The van der Waals surface area contributed by atoms with Crippen molar-refractivity contribution in [2.45, 2.75) is 77.3 Å². The zero-order valence-corrected chi connectivity index (χ0v) is 12.5. The average molecular weight is 266 g/mol. The topological polar surface area (TPSA) is 55.1 Å². The molecule has 0 heterocycles. The highest BCUT2D eigenvalue weighted by atomic mass is 16.2. The summed E-state index contributed by atoms with van der Waals surface area (Å²) >= 11 is 0. The van der Waals surface area contributed by atoms with Crippen molar-refractivity contribution in [2.24, 2.45) is 23.5 Å². The number of hydrogen-bond donors (Lipinski definition) is 2. The van der Waals surface area contributed by atoms with Crippen molar-refractivity contribution in [3.05, 3.63) is 0 Å². The largest absolute Gasteiger partial charge is 0.353 e. The molecule has 3 N–H and O–H groups in total. The highest BCUT2D eigenvalue weighted by Crippen LogP contribution is 2.31. The number of carbonyl (C=O) groups excluding carboxylic acids is 1. The molecule has 2 fully saturated rings. The van der Waals surface area contributed by atoms with E-state index >= 15 is 0 Å². The fraction of sp³-hybridized carbons (Fsp3) is 0.938. The first-order valence-electron chi connectivity index (χ1n) is 8.19. The Morgan fingerprint density at radius 2 is 1.89 bits per heavy atom. The molecule has 0 aromatic rings. The van der Waals surface area contributed by atoms with Crippen LogP contribution in [0.25, 0.3) is 0 Å². The lowest BCUT2D eigenvalue weighted by atomic mass is 9.76. The minimum atomic E-state index is 0.0354. The third-order valence-electron chi connectivity index (χ3n) is 5.34. The van der Waals surface area contributed by atoms with E-state index in [1.54, 1.807) is 0 Å². The van der Waals surface area contributed by atoms with E-state index in [4.69, 9.17) is 5.73 Å². The van der Waals surface area contributed by atoms with Gasteiger partial charge in [0.05, 0.1) is 5.92 Å². The monoisotopic (exact) mass is 266 g/mol. The molecule has 0 saturated heterocycles. The number of nitrogens with two attached hydrogens (primary N) is 1. The van der Waals surface area contributed by atoms with Crippen molar-refractivity contribution in [2.75, 3.05) is 0 Å². The molecule has 5 atom stereocenters. The predicted octanol–water partition coefficient (Wildman–Crippen LogP) is 2.83. The van der Waals surface area contributed by atoms with Crippen LogP contribution in [0.15, 0.2) is 0 Å². The van der Waals surface area contributed by atoms with Crippen molar-refractivity contribution in [3.8, 4) is 0 Å². The molecular formula is C16H30N2O. The van der Waals surface area contributed by atoms with Crippen LogP contribution >= 0.6 is 0 Å². The van der Waals surface area contributed by atoms with Crippen LogP contribution in [0.2, 0.25) is 0 Å². The molecule has 3 heteroatoms. The van der Waals surface area contributed by atoms with Gasteiger partial charge in [-0.15, -0.1) is 0 Å². The Morgan fingerprint density at radius 1 is 1.16 bits per heavy atom. The first-order chi connectivity index (χ1) is 9.13. The number of amides is 1. The molecule has 2 saturated carbocycles. The van der Waals surface area contributed by atoms with Crippen molar-refractivity contribution in [3.63, 3.8) is 0 Å². The molecule has 19 heavy (non-hydrogen) atoms. The number of carbonyl (C=O) groups is 1. The first kappa shape index (κ1) is 14.8. The van der Waals surface area contributed by atoms with E-state index < -0.39 is 0 Å². The molecule has 0 radical (unpaired) electrons. The smallest absolute Gasteiger partial charge is 0.225 e. The highest BCUT2D eigenvalue weighted by molar-refractivity contribution is 5.80. The van der Waals surface area contributed by atoms with Crippen molar-refractivity contribution in [1.29, 1.82) is 0 Å². The second kappa shape index (κ2) is 6.74. The van der Waals surface area contributed by atoms with Crippen LogP contribution in [0, 0.1) is 17.8 Å². The van der Waals surface area contributed by atoms with Crippen molar-refractivity contribution in [1.82, 2.24) is 5.32 Å². The predicted molar refractivity (Wildman–Crippen MR) is 78.7 cm³/mol. The second-order valence-electron chi connectivity index (χ2n) is 6.67. The van der Waals surface area contributed by atoms with Gasteiger partial charge in [-0.05, 0) is 37.5 Å². The summed E-state index contributed by atoms with van der Waals surface area (Å²) in [5.41, 5.74) is 6.18. The van der Waals surface area contributed by atoms with Gasteiger partial charge in [0.1, 0.15) is 0 Å². The van der Waals surface area contributed by atoms with Gasteiger partial charge in [-0.1, -0.05) is 39.5 Å². The van der Waals surface area contributed by atoms with Crippen LogP contribution in [0.5, 0.6) is 0 Å². The molecule has 0 spiro atoms. The first-order valence-corrected chi connectivity index (χ1v) is 8.19. The van der Waals surface area contributed by atoms with Crippen LogP contribution < -0.4 is 11.1 Å². The lowest BCUT2D eigenvalue weighted by Crippen LogP contribution is -2.51. The molecule has 0 aromatic heterocycles. The van der Waals surface area contributed by atoms with E-state index in [1.165, 1.54) is 32.1 Å². The summed E-state index contributed by atoms with van der Waals surface area (Å²) in [4.78, 5) is 12.6. The molecule has 2 rings (SSSR count). The molecule has 0 bridgehead atoms. The summed E-state index contributed by atoms with van der Waals surface area (Å²) in [6.07, 6.45) is 9.51. The van der Waals surface area contributed by atoms with Gasteiger partial charge in [-0.3, -0.25) is 4.79 Å².